The van der Waals surface area contributed by atoms with Crippen molar-refractivity contribution < 1.29 is 17.1 Å². The maximum absolute atomic E-state index is 13.0. The largest absolute Gasteiger partial charge is 0.334 e. The van der Waals surface area contributed by atoms with Gasteiger partial charge in [-0.2, -0.15) is 8.42 Å². The van der Waals surface area contributed by atoms with Crippen LogP contribution in [-0.2, 0) is 15.0 Å². The predicted octanol–water partition coefficient (Wildman–Crippen LogP) is 2.04. The van der Waals surface area contributed by atoms with Gasteiger partial charge in [-0.3, -0.25) is 4.79 Å². The molecule has 1 aliphatic heterocycles. The summed E-state index contributed by atoms with van der Waals surface area (Å²) in [5, 5.41) is -1.22. The van der Waals surface area contributed by atoms with E-state index in [-0.39, 0.29) is 24.9 Å². The molecule has 1 unspecified atom stereocenters. The van der Waals surface area contributed by atoms with Crippen molar-refractivity contribution in [3.05, 3.63) is 35.9 Å². The van der Waals surface area contributed by atoms with Gasteiger partial charge in [0.05, 0.1) is 6.04 Å². The third-order valence-corrected chi connectivity index (χ3v) is 4.58. The normalized spacial score (nSPS) is 21.7. The van der Waals surface area contributed by atoms with Crippen LogP contribution in [0.5, 0.6) is 0 Å². The number of hydrogen-bond donors (Lipinski definition) is 0. The molecule has 19 heavy (non-hydrogen) atoms. The third kappa shape index (κ3) is 2.94. The fourth-order valence-electron chi connectivity index (χ4n) is 2.50. The van der Waals surface area contributed by atoms with Crippen LogP contribution >= 0.6 is 0 Å². The molecule has 0 aromatic heterocycles. The average Bonchev–Trinajstić information content (AvgIpc) is 2.74. The molecule has 0 saturated carbocycles. The Balaban J connectivity index is 2.24. The molecular weight excluding hydrogens is 269 g/mol. The second-order valence-electron chi connectivity index (χ2n) is 4.68. The van der Waals surface area contributed by atoms with Crippen LogP contribution in [0.1, 0.15) is 31.4 Å². The summed E-state index contributed by atoms with van der Waals surface area (Å²) in [6, 6.07) is 9.18. The molecule has 0 radical (unpaired) electrons. The van der Waals surface area contributed by atoms with E-state index >= 15 is 0 Å². The molecule has 2 rings (SSSR count). The highest BCUT2D eigenvalue weighted by Crippen LogP contribution is 2.31. The van der Waals surface area contributed by atoms with Gasteiger partial charge in [0, 0.05) is 13.0 Å². The molecule has 1 aromatic carbocycles. The number of carbonyl (C=O) groups excluding carboxylic acids is 1. The molecule has 1 aromatic rings. The first kappa shape index (κ1) is 14.0. The number of nitrogens with zero attached hydrogens (tertiary/aromatic N) is 1. The third-order valence-electron chi connectivity index (χ3n) is 3.47. The van der Waals surface area contributed by atoms with Crippen LogP contribution in [0, 0.1) is 0 Å². The molecule has 6 heteroatoms. The number of amides is 1. The van der Waals surface area contributed by atoms with Gasteiger partial charge >= 0.3 is 10.2 Å². The first-order valence-electron chi connectivity index (χ1n) is 6.21. The second kappa shape index (κ2) is 5.28. The van der Waals surface area contributed by atoms with E-state index in [0.717, 1.165) is 5.56 Å². The van der Waals surface area contributed by atoms with Crippen LogP contribution in [0.25, 0.3) is 0 Å². The quantitative estimate of drug-likeness (QED) is 0.795. The van der Waals surface area contributed by atoms with Gasteiger partial charge in [0.25, 0.3) is 0 Å². The minimum Gasteiger partial charge on any atom is -0.334 e. The van der Waals surface area contributed by atoms with E-state index in [1.807, 2.05) is 37.3 Å². The van der Waals surface area contributed by atoms with Crippen molar-refractivity contribution in [3.8, 4) is 0 Å². The summed E-state index contributed by atoms with van der Waals surface area (Å²) in [6.07, 6.45) is 0.400. The monoisotopic (exact) mass is 285 g/mol. The molecule has 1 saturated heterocycles. The highest BCUT2D eigenvalue weighted by atomic mass is 32.3. The Morgan fingerprint density at radius 1 is 1.37 bits per heavy atom. The maximum Gasteiger partial charge on any atom is 0.307 e. The number of hydrogen-bond acceptors (Lipinski definition) is 3. The maximum atomic E-state index is 13.0. The van der Waals surface area contributed by atoms with Crippen LogP contribution in [0.15, 0.2) is 30.3 Å². The number of carbonyl (C=O) groups is 1. The first-order valence-corrected chi connectivity index (χ1v) is 7.66. The molecule has 0 bridgehead atoms. The fraction of sp³-hybridized carbons (Fsp3) is 0.462. The van der Waals surface area contributed by atoms with E-state index in [2.05, 4.69) is 0 Å². The summed E-state index contributed by atoms with van der Waals surface area (Å²) < 4.78 is 34.9. The van der Waals surface area contributed by atoms with E-state index < -0.39 is 15.5 Å². The summed E-state index contributed by atoms with van der Waals surface area (Å²) >= 11 is 0. The Bertz CT molecular complexity index is 559. The summed E-state index contributed by atoms with van der Waals surface area (Å²) in [4.78, 5) is 13.4. The molecule has 0 spiro atoms. The van der Waals surface area contributed by atoms with E-state index in [0.29, 0.717) is 6.42 Å². The molecule has 1 amide bonds. The molecular formula is C13H16FNO3S. The van der Waals surface area contributed by atoms with Crippen LogP contribution < -0.4 is 0 Å². The zero-order chi connectivity index (χ0) is 14.0. The van der Waals surface area contributed by atoms with Crippen molar-refractivity contribution in [1.29, 1.82) is 0 Å². The highest BCUT2D eigenvalue weighted by Gasteiger charge is 2.41. The molecule has 4 nitrogen and oxygen atoms in total. The zero-order valence-corrected chi connectivity index (χ0v) is 11.4. The Hall–Kier alpha value is -1.43. The lowest BCUT2D eigenvalue weighted by atomic mass is 10.0. The van der Waals surface area contributed by atoms with Crippen molar-refractivity contribution in [2.24, 2.45) is 0 Å². The van der Waals surface area contributed by atoms with Crippen LogP contribution in [-0.4, -0.2) is 31.0 Å². The van der Waals surface area contributed by atoms with Gasteiger partial charge in [0.15, 0.2) is 0 Å². The SMILES string of the molecule is CC[C@@H](c1ccccc1)N1CC(S(=O)(=O)F)CC1=O. The Morgan fingerprint density at radius 2 is 2.00 bits per heavy atom. The highest BCUT2D eigenvalue weighted by molar-refractivity contribution is 7.87. The molecule has 1 heterocycles. The van der Waals surface area contributed by atoms with Gasteiger partial charge < -0.3 is 4.90 Å². The molecule has 1 aliphatic rings. The van der Waals surface area contributed by atoms with E-state index in [1.54, 1.807) is 0 Å². The smallest absolute Gasteiger partial charge is 0.307 e. The van der Waals surface area contributed by atoms with Crippen molar-refractivity contribution in [2.75, 3.05) is 6.54 Å². The van der Waals surface area contributed by atoms with Gasteiger partial charge in [-0.15, -0.1) is 3.89 Å². The topological polar surface area (TPSA) is 54.5 Å². The zero-order valence-electron chi connectivity index (χ0n) is 10.6. The molecule has 0 N–H and O–H groups in total. The average molecular weight is 285 g/mol. The van der Waals surface area contributed by atoms with E-state index in [1.165, 1.54) is 4.90 Å². The van der Waals surface area contributed by atoms with Gasteiger partial charge in [-0.25, -0.2) is 0 Å². The van der Waals surface area contributed by atoms with Crippen molar-refractivity contribution in [3.63, 3.8) is 0 Å². The molecule has 2 atom stereocenters. The summed E-state index contributed by atoms with van der Waals surface area (Å²) in [6.45, 7) is 1.85. The lowest BCUT2D eigenvalue weighted by Gasteiger charge is -2.27. The van der Waals surface area contributed by atoms with Gasteiger partial charge in [0.1, 0.15) is 5.25 Å². The second-order valence-corrected chi connectivity index (χ2v) is 6.30. The molecule has 104 valence electrons. The van der Waals surface area contributed by atoms with Crippen molar-refractivity contribution in [2.45, 2.75) is 31.1 Å². The predicted molar refractivity (Wildman–Crippen MR) is 69.6 cm³/mol. The Morgan fingerprint density at radius 3 is 2.47 bits per heavy atom. The lowest BCUT2D eigenvalue weighted by Crippen LogP contribution is -2.31. The number of halogens is 1. The van der Waals surface area contributed by atoms with Crippen molar-refractivity contribution >= 4 is 16.1 Å². The summed E-state index contributed by atoms with van der Waals surface area (Å²) in [7, 11) is -4.65. The van der Waals surface area contributed by atoms with Gasteiger partial charge in [0.2, 0.25) is 5.91 Å². The number of benzene rings is 1. The van der Waals surface area contributed by atoms with Crippen LogP contribution in [0.3, 0.4) is 0 Å². The number of rotatable bonds is 4. The van der Waals surface area contributed by atoms with E-state index in [9.17, 15) is 17.1 Å². The standard InChI is InChI=1S/C13H16FNO3S/c1-2-12(10-6-4-3-5-7-10)15-9-11(8-13(15)16)19(14,17)18/h3-7,11-12H,2,8-9H2,1H3/t11?,12-/m0/s1. The Labute approximate surface area is 112 Å². The molecule has 1 fully saturated rings. The Kier molecular flexibility index (Phi) is 3.89. The fourth-order valence-corrected chi connectivity index (χ4v) is 3.18. The molecule has 0 aliphatic carbocycles. The first-order chi connectivity index (χ1) is 8.93. The van der Waals surface area contributed by atoms with Crippen molar-refractivity contribution in [1.82, 2.24) is 4.90 Å². The number of likely N-dealkylation sites (tertiary alicyclic amines) is 1. The van der Waals surface area contributed by atoms with E-state index in [4.69, 9.17) is 0 Å². The minimum atomic E-state index is -4.65. The lowest BCUT2D eigenvalue weighted by molar-refractivity contribution is -0.129. The van der Waals surface area contributed by atoms with Crippen LogP contribution in [0.4, 0.5) is 3.89 Å². The van der Waals surface area contributed by atoms with Gasteiger partial charge in [-0.1, -0.05) is 37.3 Å². The summed E-state index contributed by atoms with van der Waals surface area (Å²) in [5.41, 5.74) is 0.940. The summed E-state index contributed by atoms with van der Waals surface area (Å²) in [5.74, 6) is -0.304. The van der Waals surface area contributed by atoms with Gasteiger partial charge in [-0.05, 0) is 12.0 Å². The van der Waals surface area contributed by atoms with Crippen LogP contribution in [0.2, 0.25) is 0 Å². The minimum absolute atomic E-state index is 0.0644.